The summed E-state index contributed by atoms with van der Waals surface area (Å²) >= 11 is 2.01. The Morgan fingerprint density at radius 1 is 0.419 bits per heavy atom. The van der Waals surface area contributed by atoms with Gasteiger partial charge in [0.1, 0.15) is 36.3 Å². The van der Waals surface area contributed by atoms with Gasteiger partial charge in [0.2, 0.25) is 0 Å². The summed E-state index contributed by atoms with van der Waals surface area (Å²) in [7, 11) is -1.98. The Balaban J connectivity index is 1.13. The average Bonchev–Trinajstić information content (AvgIpc) is 3.64. The van der Waals surface area contributed by atoms with E-state index < -0.39 is 7.26 Å². The lowest BCUT2D eigenvalue weighted by Gasteiger charge is -2.27. The fraction of sp³-hybridized carbons (Fsp3) is 0.0862. The molecule has 9 aromatic carbocycles. The molecule has 300 valence electrons. The molecule has 10 aromatic rings. The van der Waals surface area contributed by atoms with Crippen molar-refractivity contribution in [1.82, 2.24) is 4.57 Å². The molecule has 0 amide bonds. The predicted octanol–water partition coefficient (Wildman–Crippen LogP) is 13.0. The predicted molar refractivity (Wildman–Crippen MR) is 267 cm³/mol. The van der Waals surface area contributed by atoms with Crippen LogP contribution < -0.4 is 20.5 Å². The van der Waals surface area contributed by atoms with Crippen LogP contribution in [0.4, 0.5) is 0 Å². The standard InChI is InChI=1S/C58H49N2PS/c1-6-23-49(24-7-1)56-57(50-25-8-2-9-26-50)60(44-46-36-38-48-22-17-19-28-52(48)42-46)58(59(56)43-45-35-37-47-21-16-18-27-51(47)41-45)62-40-20-39-61(53-29-10-3-11-30-53,54-31-12-4-13-32-54)55-33-14-5-15-34-55/h1-19,21-38,41-42H,20,39-40,43-44H2/q+2. The summed E-state index contributed by atoms with van der Waals surface area (Å²) in [6.45, 7) is 1.49. The fourth-order valence-corrected chi connectivity index (χ4v) is 14.9. The van der Waals surface area contributed by atoms with E-state index in [1.165, 1.54) is 76.3 Å². The molecule has 0 fully saturated rings. The maximum Gasteiger partial charge on any atom is 0.319 e. The maximum atomic E-state index is 2.63. The van der Waals surface area contributed by atoms with Crippen molar-refractivity contribution in [3.63, 3.8) is 0 Å². The molecule has 62 heavy (non-hydrogen) atoms. The van der Waals surface area contributed by atoms with Gasteiger partial charge >= 0.3 is 5.16 Å². The zero-order chi connectivity index (χ0) is 41.6. The molecule has 10 rings (SSSR count). The third-order valence-corrected chi connectivity index (χ3v) is 17.8. The Labute approximate surface area is 370 Å². The molecule has 0 N–H and O–H groups in total. The summed E-state index contributed by atoms with van der Waals surface area (Å²) in [5.41, 5.74) is 7.50. The molecule has 0 spiro atoms. The molecule has 2 nitrogen and oxygen atoms in total. The van der Waals surface area contributed by atoms with Crippen LogP contribution >= 0.6 is 19.0 Å². The first-order chi connectivity index (χ1) is 30.7. The number of imidazole rings is 1. The van der Waals surface area contributed by atoms with Crippen molar-refractivity contribution < 1.29 is 4.57 Å². The second-order valence-electron chi connectivity index (χ2n) is 16.0. The quantitative estimate of drug-likeness (QED) is 0.0459. The Morgan fingerprint density at radius 3 is 1.39 bits per heavy atom. The maximum absolute atomic E-state index is 2.63. The van der Waals surface area contributed by atoms with E-state index in [4.69, 9.17) is 0 Å². The van der Waals surface area contributed by atoms with Crippen LogP contribution in [0, 0.1) is 0 Å². The summed E-state index contributed by atoms with van der Waals surface area (Å²) in [5.74, 6) is 0.968. The third kappa shape index (κ3) is 8.03. The normalized spacial score (nSPS) is 11.6. The molecule has 0 unspecified atom stereocenters. The van der Waals surface area contributed by atoms with Crippen LogP contribution in [0.3, 0.4) is 0 Å². The lowest BCUT2D eigenvalue weighted by Crippen LogP contribution is -2.38. The number of nitrogens with zero attached hydrogens (tertiary/aromatic N) is 2. The van der Waals surface area contributed by atoms with E-state index in [1.807, 2.05) is 11.8 Å². The molecule has 4 heteroatoms. The van der Waals surface area contributed by atoms with E-state index in [1.54, 1.807) is 0 Å². The molecule has 0 radical (unpaired) electrons. The van der Waals surface area contributed by atoms with Crippen molar-refractivity contribution in [3.8, 4) is 22.5 Å². The van der Waals surface area contributed by atoms with Gasteiger partial charge in [-0.1, -0.05) is 188 Å². The van der Waals surface area contributed by atoms with E-state index in [9.17, 15) is 0 Å². The van der Waals surface area contributed by atoms with Gasteiger partial charge in [-0.2, -0.15) is 0 Å². The van der Waals surface area contributed by atoms with E-state index in [0.29, 0.717) is 0 Å². The molecular weight excluding hydrogens is 788 g/mol. The van der Waals surface area contributed by atoms with Crippen molar-refractivity contribution in [2.75, 3.05) is 11.9 Å². The summed E-state index contributed by atoms with van der Waals surface area (Å²) < 4.78 is 5.25. The monoisotopic (exact) mass is 836 g/mol. The number of fused-ring (bicyclic) bond motifs is 2. The van der Waals surface area contributed by atoms with E-state index in [-0.39, 0.29) is 0 Å². The third-order valence-electron chi connectivity index (χ3n) is 12.1. The summed E-state index contributed by atoms with van der Waals surface area (Å²) in [6, 6.07) is 87.5. The zero-order valence-electron chi connectivity index (χ0n) is 34.8. The number of hydrogen-bond donors (Lipinski definition) is 0. The van der Waals surface area contributed by atoms with Crippen molar-refractivity contribution in [3.05, 3.63) is 248 Å². The lowest BCUT2D eigenvalue weighted by atomic mass is 10.0. The molecule has 0 aliphatic heterocycles. The summed E-state index contributed by atoms with van der Waals surface area (Å²) in [5, 5.41) is 10.6. The second kappa shape index (κ2) is 18.2. The first-order valence-corrected chi connectivity index (χ1v) is 24.6. The van der Waals surface area contributed by atoms with Gasteiger partial charge in [0.25, 0.3) is 0 Å². The Bertz CT molecular complexity index is 2820. The van der Waals surface area contributed by atoms with Crippen LogP contribution in [0.25, 0.3) is 44.1 Å². The van der Waals surface area contributed by atoms with E-state index in [2.05, 4.69) is 246 Å². The van der Waals surface area contributed by atoms with Crippen LogP contribution in [0.1, 0.15) is 17.5 Å². The molecule has 0 saturated carbocycles. The topological polar surface area (TPSA) is 8.81 Å². The molecule has 1 heterocycles. The molecule has 1 aromatic heterocycles. The van der Waals surface area contributed by atoms with Crippen LogP contribution in [0.5, 0.6) is 0 Å². The Morgan fingerprint density at radius 2 is 0.855 bits per heavy atom. The van der Waals surface area contributed by atoms with Gasteiger partial charge in [-0.15, -0.1) is 0 Å². The highest BCUT2D eigenvalue weighted by Crippen LogP contribution is 2.56. The molecule has 0 atom stereocenters. The van der Waals surface area contributed by atoms with Gasteiger partial charge in [-0.25, -0.2) is 9.13 Å². The molecule has 0 aliphatic rings. The van der Waals surface area contributed by atoms with Crippen molar-refractivity contribution in [2.45, 2.75) is 24.7 Å². The summed E-state index contributed by atoms with van der Waals surface area (Å²) in [6.07, 6.45) is 2.13. The Kier molecular flexibility index (Phi) is 11.6. The highest BCUT2D eigenvalue weighted by atomic mass is 32.2. The van der Waals surface area contributed by atoms with E-state index in [0.717, 1.165) is 31.4 Å². The van der Waals surface area contributed by atoms with Crippen LogP contribution in [-0.2, 0) is 13.1 Å². The largest absolute Gasteiger partial charge is 0.319 e. The second-order valence-corrected chi connectivity index (χ2v) is 20.7. The van der Waals surface area contributed by atoms with Crippen LogP contribution in [-0.4, -0.2) is 16.5 Å². The van der Waals surface area contributed by atoms with Gasteiger partial charge in [0.05, 0.1) is 6.16 Å². The first kappa shape index (κ1) is 39.6. The first-order valence-electron chi connectivity index (χ1n) is 21.6. The number of hydrogen-bond acceptors (Lipinski definition) is 1. The average molecular weight is 837 g/mol. The highest BCUT2D eigenvalue weighted by Gasteiger charge is 2.45. The van der Waals surface area contributed by atoms with Crippen molar-refractivity contribution >= 4 is 56.5 Å². The van der Waals surface area contributed by atoms with Crippen molar-refractivity contribution in [1.29, 1.82) is 0 Å². The van der Waals surface area contributed by atoms with Gasteiger partial charge < -0.3 is 0 Å². The molecule has 0 aliphatic carbocycles. The minimum Gasteiger partial charge on any atom is -0.213 e. The molecule has 0 bridgehead atoms. The van der Waals surface area contributed by atoms with Crippen LogP contribution in [0.15, 0.2) is 242 Å². The zero-order valence-corrected chi connectivity index (χ0v) is 36.5. The minimum atomic E-state index is -1.98. The number of rotatable bonds is 14. The SMILES string of the molecule is c1ccc(-c2c(-c3ccccc3)[n+](Cc3ccc4ccccc4c3)c(SCCC[P+](c3ccccc3)(c3ccccc3)c3ccccc3)n2Cc2ccc3ccccc3c2)cc1. The van der Waals surface area contributed by atoms with Gasteiger partial charge in [0, 0.05) is 16.9 Å². The Hall–Kier alpha value is -6.51. The highest BCUT2D eigenvalue weighted by molar-refractivity contribution is 7.99. The van der Waals surface area contributed by atoms with Crippen LogP contribution in [0.2, 0.25) is 0 Å². The smallest absolute Gasteiger partial charge is 0.213 e. The number of benzene rings is 9. The van der Waals surface area contributed by atoms with E-state index >= 15 is 0 Å². The number of aromatic nitrogens is 2. The van der Waals surface area contributed by atoms with Gasteiger partial charge in [-0.05, 0) is 99.4 Å². The molecule has 0 saturated heterocycles. The number of thioether (sulfide) groups is 1. The molecular formula is C58H49N2PS+2. The van der Waals surface area contributed by atoms with Crippen molar-refractivity contribution in [2.24, 2.45) is 0 Å². The summed E-state index contributed by atoms with van der Waals surface area (Å²) in [4.78, 5) is 0. The lowest BCUT2D eigenvalue weighted by molar-refractivity contribution is -0.715. The fourth-order valence-electron chi connectivity index (χ4n) is 9.21. The minimum absolute atomic E-state index is 0.747. The van der Waals surface area contributed by atoms with Gasteiger partial charge in [0.15, 0.2) is 11.4 Å². The van der Waals surface area contributed by atoms with Gasteiger partial charge in [-0.3, -0.25) is 0 Å².